The van der Waals surface area contributed by atoms with Crippen LogP contribution in [-0.2, 0) is 9.53 Å². The van der Waals surface area contributed by atoms with Gasteiger partial charge in [0.15, 0.2) is 0 Å². The monoisotopic (exact) mass is 280 g/mol. The number of nitrogens with one attached hydrogen (secondary N) is 1. The summed E-state index contributed by atoms with van der Waals surface area (Å²) in [5.74, 6) is 1.45. The molecular formula is C14H20N2O4. The predicted octanol–water partition coefficient (Wildman–Crippen LogP) is 0.974. The lowest BCUT2D eigenvalue weighted by Gasteiger charge is -2.27. The second kappa shape index (κ2) is 7.00. The van der Waals surface area contributed by atoms with E-state index in [9.17, 15) is 4.79 Å². The largest absolute Gasteiger partial charge is 0.497 e. The highest BCUT2D eigenvalue weighted by atomic mass is 16.5. The van der Waals surface area contributed by atoms with Crippen LogP contribution in [0.1, 0.15) is 0 Å². The van der Waals surface area contributed by atoms with Gasteiger partial charge in [-0.15, -0.1) is 0 Å². The number of benzene rings is 1. The summed E-state index contributed by atoms with van der Waals surface area (Å²) in [6.07, 6.45) is 0. The molecule has 1 N–H and O–H groups in total. The SMILES string of the molecule is COc1ccc(OC)c(NCC(=O)N2CCOCC2)c1. The molecule has 1 aliphatic heterocycles. The molecule has 1 aromatic carbocycles. The Morgan fingerprint density at radius 3 is 2.70 bits per heavy atom. The number of anilines is 1. The number of carbonyl (C=O) groups is 1. The zero-order valence-corrected chi connectivity index (χ0v) is 11.8. The van der Waals surface area contributed by atoms with Gasteiger partial charge in [-0.3, -0.25) is 4.79 Å². The molecule has 6 nitrogen and oxygen atoms in total. The fraction of sp³-hybridized carbons (Fsp3) is 0.500. The van der Waals surface area contributed by atoms with Crippen molar-refractivity contribution in [2.75, 3.05) is 52.4 Å². The molecule has 6 heteroatoms. The molecule has 20 heavy (non-hydrogen) atoms. The molecule has 1 aromatic rings. The highest BCUT2D eigenvalue weighted by Gasteiger charge is 2.17. The van der Waals surface area contributed by atoms with Gasteiger partial charge in [0.05, 0.1) is 39.7 Å². The molecule has 0 radical (unpaired) electrons. The summed E-state index contributed by atoms with van der Waals surface area (Å²) in [7, 11) is 3.20. The Kier molecular flexibility index (Phi) is 5.06. The second-order valence-electron chi connectivity index (χ2n) is 4.41. The van der Waals surface area contributed by atoms with Crippen LogP contribution in [0.5, 0.6) is 11.5 Å². The summed E-state index contributed by atoms with van der Waals surface area (Å²) in [4.78, 5) is 13.9. The van der Waals surface area contributed by atoms with Crippen molar-refractivity contribution in [1.29, 1.82) is 0 Å². The Hall–Kier alpha value is -1.95. The molecule has 0 saturated carbocycles. The van der Waals surface area contributed by atoms with Gasteiger partial charge in [-0.2, -0.15) is 0 Å². The minimum Gasteiger partial charge on any atom is -0.497 e. The minimum atomic E-state index is 0.0539. The highest BCUT2D eigenvalue weighted by molar-refractivity contribution is 5.81. The molecule has 0 aromatic heterocycles. The number of hydrogen-bond donors (Lipinski definition) is 1. The number of methoxy groups -OCH3 is 2. The Morgan fingerprint density at radius 1 is 1.30 bits per heavy atom. The third kappa shape index (κ3) is 3.54. The highest BCUT2D eigenvalue weighted by Crippen LogP contribution is 2.28. The maximum Gasteiger partial charge on any atom is 0.242 e. The molecule has 0 bridgehead atoms. The Labute approximate surface area is 118 Å². The summed E-state index contributed by atoms with van der Waals surface area (Å²) >= 11 is 0. The van der Waals surface area contributed by atoms with Gasteiger partial charge in [0.2, 0.25) is 5.91 Å². The number of rotatable bonds is 5. The number of carbonyl (C=O) groups excluding carboxylic acids is 1. The molecule has 2 rings (SSSR count). The fourth-order valence-electron chi connectivity index (χ4n) is 2.05. The molecule has 110 valence electrons. The Bertz CT molecular complexity index is 458. The average Bonchev–Trinajstić information content (AvgIpc) is 2.53. The number of amides is 1. The standard InChI is InChI=1S/C14H20N2O4/c1-18-11-3-4-13(19-2)12(9-11)15-10-14(17)16-5-7-20-8-6-16/h3-4,9,15H,5-8,10H2,1-2H3. The van der Waals surface area contributed by atoms with Gasteiger partial charge in [-0.05, 0) is 12.1 Å². The van der Waals surface area contributed by atoms with Crippen LogP contribution in [0.3, 0.4) is 0 Å². The lowest BCUT2D eigenvalue weighted by atomic mass is 10.2. The first-order valence-corrected chi connectivity index (χ1v) is 6.56. The van der Waals surface area contributed by atoms with Crippen molar-refractivity contribution in [3.05, 3.63) is 18.2 Å². The van der Waals surface area contributed by atoms with Crippen molar-refractivity contribution in [2.45, 2.75) is 0 Å². The first kappa shape index (κ1) is 14.5. The van der Waals surface area contributed by atoms with Crippen molar-refractivity contribution in [3.63, 3.8) is 0 Å². The van der Waals surface area contributed by atoms with Gasteiger partial charge < -0.3 is 24.4 Å². The summed E-state index contributed by atoms with van der Waals surface area (Å²) in [6, 6.07) is 5.43. The number of hydrogen-bond acceptors (Lipinski definition) is 5. The van der Waals surface area contributed by atoms with Gasteiger partial charge in [0.1, 0.15) is 11.5 Å². The van der Waals surface area contributed by atoms with E-state index in [1.54, 1.807) is 25.2 Å². The van der Waals surface area contributed by atoms with Gasteiger partial charge in [-0.25, -0.2) is 0 Å². The van der Waals surface area contributed by atoms with E-state index in [1.807, 2.05) is 12.1 Å². The first-order valence-electron chi connectivity index (χ1n) is 6.56. The molecule has 1 amide bonds. The molecule has 1 fully saturated rings. The zero-order chi connectivity index (χ0) is 14.4. The van der Waals surface area contributed by atoms with Crippen molar-refractivity contribution < 1.29 is 19.0 Å². The van der Waals surface area contributed by atoms with Crippen LogP contribution in [0.25, 0.3) is 0 Å². The van der Waals surface area contributed by atoms with Crippen LogP contribution >= 0.6 is 0 Å². The summed E-state index contributed by atoms with van der Waals surface area (Å²) in [5.41, 5.74) is 0.744. The van der Waals surface area contributed by atoms with Crippen molar-refractivity contribution in [3.8, 4) is 11.5 Å². The van der Waals surface area contributed by atoms with E-state index in [0.717, 1.165) is 5.69 Å². The van der Waals surface area contributed by atoms with E-state index >= 15 is 0 Å². The molecule has 1 saturated heterocycles. The average molecular weight is 280 g/mol. The smallest absolute Gasteiger partial charge is 0.242 e. The van der Waals surface area contributed by atoms with E-state index < -0.39 is 0 Å². The minimum absolute atomic E-state index is 0.0539. The Balaban J connectivity index is 1.96. The molecule has 1 aliphatic rings. The van der Waals surface area contributed by atoms with E-state index in [0.29, 0.717) is 37.8 Å². The topological polar surface area (TPSA) is 60.0 Å². The van der Waals surface area contributed by atoms with Gasteiger partial charge in [0, 0.05) is 19.2 Å². The number of ether oxygens (including phenoxy) is 3. The normalized spacial score (nSPS) is 14.8. The van der Waals surface area contributed by atoms with Crippen LogP contribution in [0.4, 0.5) is 5.69 Å². The molecule has 0 spiro atoms. The van der Waals surface area contributed by atoms with E-state index in [4.69, 9.17) is 14.2 Å². The van der Waals surface area contributed by atoms with E-state index in [1.165, 1.54) is 0 Å². The Morgan fingerprint density at radius 2 is 2.05 bits per heavy atom. The third-order valence-electron chi connectivity index (χ3n) is 3.20. The van der Waals surface area contributed by atoms with E-state index in [2.05, 4.69) is 5.32 Å². The summed E-state index contributed by atoms with van der Waals surface area (Å²) in [5, 5.41) is 3.10. The van der Waals surface area contributed by atoms with Crippen LogP contribution in [0, 0.1) is 0 Å². The molecule has 1 heterocycles. The summed E-state index contributed by atoms with van der Waals surface area (Å²) in [6.45, 7) is 2.73. The predicted molar refractivity (Wildman–Crippen MR) is 75.4 cm³/mol. The third-order valence-corrected chi connectivity index (χ3v) is 3.20. The van der Waals surface area contributed by atoms with Crippen molar-refractivity contribution >= 4 is 11.6 Å². The summed E-state index contributed by atoms with van der Waals surface area (Å²) < 4.78 is 15.7. The van der Waals surface area contributed by atoms with Crippen LogP contribution < -0.4 is 14.8 Å². The lowest BCUT2D eigenvalue weighted by Crippen LogP contribution is -2.43. The van der Waals surface area contributed by atoms with Gasteiger partial charge in [-0.1, -0.05) is 0 Å². The maximum absolute atomic E-state index is 12.1. The molecule has 0 aliphatic carbocycles. The van der Waals surface area contributed by atoms with Crippen molar-refractivity contribution in [2.24, 2.45) is 0 Å². The molecular weight excluding hydrogens is 260 g/mol. The zero-order valence-electron chi connectivity index (χ0n) is 11.8. The van der Waals surface area contributed by atoms with E-state index in [-0.39, 0.29) is 12.5 Å². The molecule has 0 unspecified atom stereocenters. The maximum atomic E-state index is 12.1. The second-order valence-corrected chi connectivity index (χ2v) is 4.41. The number of morpholine rings is 1. The van der Waals surface area contributed by atoms with Crippen LogP contribution in [-0.4, -0.2) is 57.9 Å². The number of nitrogens with zero attached hydrogens (tertiary/aromatic N) is 1. The lowest BCUT2D eigenvalue weighted by molar-refractivity contribution is -0.133. The van der Waals surface area contributed by atoms with Crippen LogP contribution in [0.2, 0.25) is 0 Å². The quantitative estimate of drug-likeness (QED) is 0.871. The fourth-order valence-corrected chi connectivity index (χ4v) is 2.05. The first-order chi connectivity index (χ1) is 9.74. The molecule has 0 atom stereocenters. The van der Waals surface area contributed by atoms with Gasteiger partial charge >= 0.3 is 0 Å². The van der Waals surface area contributed by atoms with Gasteiger partial charge in [0.25, 0.3) is 0 Å². The van der Waals surface area contributed by atoms with Crippen LogP contribution in [0.15, 0.2) is 18.2 Å². The van der Waals surface area contributed by atoms with Crippen molar-refractivity contribution in [1.82, 2.24) is 4.90 Å².